The van der Waals surface area contributed by atoms with Crippen molar-refractivity contribution in [2.45, 2.75) is 45.9 Å². The summed E-state index contributed by atoms with van der Waals surface area (Å²) < 4.78 is 11.4. The second-order valence-corrected chi connectivity index (χ2v) is 9.28. The Balaban J connectivity index is 1.54. The molecule has 0 radical (unpaired) electrons. The van der Waals surface area contributed by atoms with E-state index >= 15 is 0 Å². The molecule has 7 heteroatoms. The van der Waals surface area contributed by atoms with Crippen molar-refractivity contribution in [2.24, 2.45) is 17.3 Å². The van der Waals surface area contributed by atoms with E-state index in [1.165, 1.54) is 0 Å². The van der Waals surface area contributed by atoms with E-state index < -0.39 is 17.4 Å². The minimum atomic E-state index is -0.656. The van der Waals surface area contributed by atoms with E-state index in [1.807, 2.05) is 30.0 Å². The van der Waals surface area contributed by atoms with Crippen LogP contribution < -0.4 is 0 Å². The summed E-state index contributed by atoms with van der Waals surface area (Å²) in [6.45, 7) is 9.66. The van der Waals surface area contributed by atoms with Gasteiger partial charge in [-0.3, -0.25) is 9.59 Å². The number of rotatable bonds is 4. The number of carbonyl (C=O) groups excluding carboxylic acids is 2. The van der Waals surface area contributed by atoms with Gasteiger partial charge in [-0.2, -0.15) is 0 Å². The van der Waals surface area contributed by atoms with Crippen LogP contribution in [0.4, 0.5) is 0 Å². The van der Waals surface area contributed by atoms with Crippen LogP contribution in [0.3, 0.4) is 0 Å². The molecule has 7 nitrogen and oxygen atoms in total. The summed E-state index contributed by atoms with van der Waals surface area (Å²) in [6, 6.07) is 1.81. The monoisotopic (exact) mass is 373 g/mol. The lowest BCUT2D eigenvalue weighted by Gasteiger charge is -2.29. The summed E-state index contributed by atoms with van der Waals surface area (Å²) >= 11 is 0. The van der Waals surface area contributed by atoms with Gasteiger partial charge in [0.1, 0.15) is 5.60 Å². The number of carbonyl (C=O) groups is 2. The molecule has 2 bridgehead atoms. The highest BCUT2D eigenvalue weighted by molar-refractivity contribution is 5.93. The average molecular weight is 373 g/mol. The first kappa shape index (κ1) is 18.2. The Morgan fingerprint density at radius 1 is 1.44 bits per heavy atom. The van der Waals surface area contributed by atoms with E-state index in [2.05, 4.69) is 25.9 Å². The van der Waals surface area contributed by atoms with Crippen molar-refractivity contribution in [1.29, 1.82) is 0 Å². The maximum absolute atomic E-state index is 13.2. The van der Waals surface area contributed by atoms with Crippen LogP contribution in [-0.2, 0) is 20.9 Å². The average Bonchev–Trinajstić information content (AvgIpc) is 3.28. The van der Waals surface area contributed by atoms with Crippen molar-refractivity contribution in [2.75, 3.05) is 20.1 Å². The molecule has 27 heavy (non-hydrogen) atoms. The minimum Gasteiger partial charge on any atom is -0.360 e. The maximum atomic E-state index is 13.2. The first-order valence-corrected chi connectivity index (χ1v) is 9.43. The first-order valence-electron chi connectivity index (χ1n) is 9.43. The molecular formula is C20H27N3O4. The number of nitrogens with zero attached hydrogens (tertiary/aromatic N) is 3. The highest BCUT2D eigenvalue weighted by atomic mass is 16.5. The summed E-state index contributed by atoms with van der Waals surface area (Å²) in [6.07, 6.45) is 3.61. The minimum absolute atomic E-state index is 0.00684. The van der Waals surface area contributed by atoms with Crippen molar-refractivity contribution in [3.63, 3.8) is 0 Å². The van der Waals surface area contributed by atoms with Gasteiger partial charge >= 0.3 is 0 Å². The van der Waals surface area contributed by atoms with Gasteiger partial charge in [-0.1, -0.05) is 38.1 Å². The van der Waals surface area contributed by atoms with Crippen molar-refractivity contribution < 1.29 is 18.8 Å². The third-order valence-electron chi connectivity index (χ3n) is 5.58. The van der Waals surface area contributed by atoms with E-state index in [-0.39, 0.29) is 23.3 Å². The number of fused-ring (bicyclic) bond motifs is 1. The third kappa shape index (κ3) is 2.98. The van der Waals surface area contributed by atoms with Gasteiger partial charge in [0.05, 0.1) is 36.7 Å². The molecule has 4 rings (SSSR count). The van der Waals surface area contributed by atoms with Crippen LogP contribution in [0.2, 0.25) is 0 Å². The van der Waals surface area contributed by atoms with Crippen LogP contribution in [0.25, 0.3) is 0 Å². The Kier molecular flexibility index (Phi) is 4.00. The molecule has 4 heterocycles. The zero-order chi connectivity index (χ0) is 19.6. The van der Waals surface area contributed by atoms with E-state index in [9.17, 15) is 9.59 Å². The maximum Gasteiger partial charge on any atom is 0.230 e. The number of ether oxygens (including phenoxy) is 1. The highest BCUT2D eigenvalue weighted by Crippen LogP contribution is 2.52. The Hall–Kier alpha value is -2.15. The van der Waals surface area contributed by atoms with Crippen LogP contribution in [0, 0.1) is 24.2 Å². The zero-order valence-corrected chi connectivity index (χ0v) is 16.6. The Labute approximate surface area is 159 Å². The SMILES string of the molecule is Cc1cc(CN(C)C(=O)[C@@H]2[C@@H]3C=C[C@@]4(CN(CC(C)(C)C)C(=O)[C@@H]24)O3)on1. The molecule has 1 spiro atoms. The largest absolute Gasteiger partial charge is 0.360 e. The fourth-order valence-corrected chi connectivity index (χ4v) is 4.62. The van der Waals surface area contributed by atoms with Crippen LogP contribution in [0.15, 0.2) is 22.7 Å². The Morgan fingerprint density at radius 2 is 2.19 bits per heavy atom. The summed E-state index contributed by atoms with van der Waals surface area (Å²) in [5.41, 5.74) is 0.115. The lowest BCUT2D eigenvalue weighted by atomic mass is 9.76. The lowest BCUT2D eigenvalue weighted by Crippen LogP contribution is -2.44. The predicted octanol–water partition coefficient (Wildman–Crippen LogP) is 1.77. The van der Waals surface area contributed by atoms with Crippen LogP contribution in [0.5, 0.6) is 0 Å². The molecule has 0 saturated carbocycles. The van der Waals surface area contributed by atoms with Crippen molar-refractivity contribution in [3.8, 4) is 0 Å². The standard InChI is InChI=1S/C20H27N3O4/c1-12-8-13(27-21-12)9-22(5)17(24)15-14-6-7-20(26-14)11-23(10-19(2,3)4)18(25)16(15)20/h6-8,14-16H,9-11H2,1-5H3/t14-,15+,16+,20-/m0/s1. The molecule has 3 aliphatic heterocycles. The molecule has 2 fully saturated rings. The number of hydrogen-bond acceptors (Lipinski definition) is 5. The van der Waals surface area contributed by atoms with E-state index in [0.717, 1.165) is 5.69 Å². The molecule has 2 saturated heterocycles. The van der Waals surface area contributed by atoms with Gasteiger partial charge in [0.25, 0.3) is 0 Å². The van der Waals surface area contributed by atoms with Gasteiger partial charge in [0.15, 0.2) is 5.76 Å². The summed E-state index contributed by atoms with van der Waals surface area (Å²) in [7, 11) is 1.73. The molecule has 1 aromatic rings. The van der Waals surface area contributed by atoms with Crippen LogP contribution in [0.1, 0.15) is 32.2 Å². The summed E-state index contributed by atoms with van der Waals surface area (Å²) in [5.74, 6) is -0.359. The normalized spacial score (nSPS) is 31.7. The number of likely N-dealkylation sites (tertiary alicyclic amines) is 1. The van der Waals surface area contributed by atoms with E-state index in [4.69, 9.17) is 9.26 Å². The van der Waals surface area contributed by atoms with Crippen molar-refractivity contribution >= 4 is 11.8 Å². The molecule has 0 N–H and O–H groups in total. The fourth-order valence-electron chi connectivity index (χ4n) is 4.62. The summed E-state index contributed by atoms with van der Waals surface area (Å²) in [4.78, 5) is 29.8. The molecule has 3 aliphatic rings. The number of amides is 2. The second kappa shape index (κ2) is 5.92. The van der Waals surface area contributed by atoms with Crippen molar-refractivity contribution in [1.82, 2.24) is 15.0 Å². The molecule has 2 amide bonds. The fraction of sp³-hybridized carbons (Fsp3) is 0.650. The molecule has 0 aromatic carbocycles. The van der Waals surface area contributed by atoms with Gasteiger partial charge in [-0.25, -0.2) is 0 Å². The number of hydrogen-bond donors (Lipinski definition) is 0. The summed E-state index contributed by atoms with van der Waals surface area (Å²) in [5, 5.41) is 3.86. The highest BCUT2D eigenvalue weighted by Gasteiger charge is 2.67. The first-order chi connectivity index (χ1) is 12.6. The third-order valence-corrected chi connectivity index (χ3v) is 5.58. The van der Waals surface area contributed by atoms with Crippen LogP contribution in [-0.4, -0.2) is 58.6 Å². The molecule has 146 valence electrons. The van der Waals surface area contributed by atoms with Gasteiger partial charge < -0.3 is 19.1 Å². The van der Waals surface area contributed by atoms with E-state index in [1.54, 1.807) is 11.9 Å². The topological polar surface area (TPSA) is 75.9 Å². The molecule has 4 atom stereocenters. The second-order valence-electron chi connectivity index (χ2n) is 9.28. The van der Waals surface area contributed by atoms with Gasteiger partial charge in [0, 0.05) is 19.7 Å². The number of aromatic nitrogens is 1. The van der Waals surface area contributed by atoms with Crippen molar-refractivity contribution in [3.05, 3.63) is 29.7 Å². The number of aryl methyl sites for hydroxylation is 1. The zero-order valence-electron chi connectivity index (χ0n) is 16.6. The van der Waals surface area contributed by atoms with Gasteiger partial charge in [0.2, 0.25) is 11.8 Å². The lowest BCUT2D eigenvalue weighted by molar-refractivity contribution is -0.143. The molecule has 1 aromatic heterocycles. The van der Waals surface area contributed by atoms with Gasteiger partial charge in [-0.05, 0) is 12.3 Å². The smallest absolute Gasteiger partial charge is 0.230 e. The Morgan fingerprint density at radius 3 is 2.81 bits per heavy atom. The van der Waals surface area contributed by atoms with Gasteiger partial charge in [-0.15, -0.1) is 0 Å². The predicted molar refractivity (Wildman–Crippen MR) is 97.5 cm³/mol. The quantitative estimate of drug-likeness (QED) is 0.752. The molecular weight excluding hydrogens is 346 g/mol. The molecule has 0 unspecified atom stereocenters. The Bertz CT molecular complexity index is 808. The molecule has 0 aliphatic carbocycles. The van der Waals surface area contributed by atoms with Crippen LogP contribution >= 0.6 is 0 Å². The van der Waals surface area contributed by atoms with E-state index in [0.29, 0.717) is 25.4 Å².